The van der Waals surface area contributed by atoms with E-state index in [0.29, 0.717) is 0 Å². The number of halogens is 2. The van der Waals surface area contributed by atoms with E-state index < -0.39 is 44.2 Å². The van der Waals surface area contributed by atoms with Gasteiger partial charge in [-0.25, -0.2) is 31.5 Å². The van der Waals surface area contributed by atoms with Crippen molar-refractivity contribution in [1.29, 1.82) is 0 Å². The lowest BCUT2D eigenvalue weighted by Gasteiger charge is -2.40. The van der Waals surface area contributed by atoms with Crippen molar-refractivity contribution < 1.29 is 27.1 Å². The molecule has 2 aliphatic rings. The van der Waals surface area contributed by atoms with Crippen LogP contribution in [0.3, 0.4) is 0 Å². The predicted octanol–water partition coefficient (Wildman–Crippen LogP) is 2.59. The molecule has 2 aliphatic heterocycles. The summed E-state index contributed by atoms with van der Waals surface area (Å²) in [6.07, 6.45) is 3.31. The fourth-order valence-corrected chi connectivity index (χ4v) is 6.23. The van der Waals surface area contributed by atoms with Crippen LogP contribution in [0.15, 0.2) is 51.6 Å². The highest BCUT2D eigenvalue weighted by molar-refractivity contribution is 7.95. The van der Waals surface area contributed by atoms with Crippen molar-refractivity contribution in [2.24, 2.45) is 4.99 Å². The van der Waals surface area contributed by atoms with Crippen LogP contribution in [-0.4, -0.2) is 94.6 Å². The average molecular weight is 628 g/mol. The first-order chi connectivity index (χ1) is 20.7. The van der Waals surface area contributed by atoms with Gasteiger partial charge in [-0.1, -0.05) is 12.6 Å². The van der Waals surface area contributed by atoms with Gasteiger partial charge in [-0.2, -0.15) is 4.98 Å². The number of benzene rings is 1. The highest BCUT2D eigenvalue weighted by Gasteiger charge is 2.34. The van der Waals surface area contributed by atoms with Gasteiger partial charge >= 0.3 is 5.69 Å². The van der Waals surface area contributed by atoms with Gasteiger partial charge in [0.15, 0.2) is 21.3 Å². The third-order valence-electron chi connectivity index (χ3n) is 7.59. The van der Waals surface area contributed by atoms with Crippen molar-refractivity contribution in [3.63, 3.8) is 0 Å². The minimum atomic E-state index is -3.97. The Morgan fingerprint density at radius 1 is 1.18 bits per heavy atom. The predicted molar refractivity (Wildman–Crippen MR) is 163 cm³/mol. The molecule has 0 unspecified atom stereocenters. The van der Waals surface area contributed by atoms with Crippen LogP contribution in [0.25, 0.3) is 28.1 Å². The third-order valence-corrected chi connectivity index (χ3v) is 8.67. The molecule has 4 heterocycles. The molecule has 0 bridgehead atoms. The summed E-state index contributed by atoms with van der Waals surface area (Å²) in [5, 5.41) is 10.5. The molecule has 1 aromatic carbocycles. The first-order valence-electron chi connectivity index (χ1n) is 13.7. The zero-order chi connectivity index (χ0) is 32.1. The number of piperazine rings is 1. The number of carbonyl (C=O) groups excluding carboxylic acids is 1. The van der Waals surface area contributed by atoms with E-state index in [1.807, 2.05) is 0 Å². The molecule has 0 radical (unpaired) electrons. The van der Waals surface area contributed by atoms with Crippen molar-refractivity contribution in [2.45, 2.75) is 32.9 Å². The maximum Gasteiger partial charge on any atom is 0.357 e. The van der Waals surface area contributed by atoms with Crippen LogP contribution in [0.4, 0.5) is 14.6 Å². The molecule has 15 heteroatoms. The Balaban J connectivity index is 1.87. The molecule has 1 atom stereocenters. The van der Waals surface area contributed by atoms with Gasteiger partial charge in [-0.15, -0.1) is 0 Å². The quantitative estimate of drug-likeness (QED) is 0.408. The summed E-state index contributed by atoms with van der Waals surface area (Å²) in [6.45, 7) is 9.63. The smallest absolute Gasteiger partial charge is 0.357 e. The zero-order valence-corrected chi connectivity index (χ0v) is 25.3. The van der Waals surface area contributed by atoms with E-state index in [2.05, 4.69) is 21.5 Å². The lowest BCUT2D eigenvalue weighted by atomic mass is 10.1. The molecule has 2 aromatic heterocycles. The molecule has 44 heavy (non-hydrogen) atoms. The van der Waals surface area contributed by atoms with Crippen molar-refractivity contribution in [3.05, 3.63) is 63.9 Å². The number of allylic oxidation sites excluding steroid dienone is 1. The van der Waals surface area contributed by atoms with Gasteiger partial charge in [0.25, 0.3) is 0 Å². The molecular weight excluding hydrogens is 596 g/mol. The molecule has 12 nitrogen and oxygen atoms in total. The normalized spacial score (nSPS) is 17.6. The van der Waals surface area contributed by atoms with Crippen LogP contribution in [0, 0.1) is 11.6 Å². The Hall–Kier alpha value is -4.66. The van der Waals surface area contributed by atoms with Crippen molar-refractivity contribution in [1.82, 2.24) is 24.3 Å². The number of phenolic OH excluding ortho intramolecular Hbond substituents is 1. The van der Waals surface area contributed by atoms with E-state index in [1.54, 1.807) is 35.5 Å². The number of phenols is 1. The minimum absolute atomic E-state index is 0.000183. The van der Waals surface area contributed by atoms with E-state index in [4.69, 9.17) is 0 Å². The topological polar surface area (TPSA) is 141 Å². The van der Waals surface area contributed by atoms with Gasteiger partial charge in [0.05, 0.1) is 10.9 Å². The second-order valence-electron chi connectivity index (χ2n) is 10.9. The second kappa shape index (κ2) is 11.4. The van der Waals surface area contributed by atoms with Gasteiger partial charge in [0, 0.05) is 44.2 Å². The van der Waals surface area contributed by atoms with Gasteiger partial charge in [-0.3, -0.25) is 9.79 Å². The second-order valence-corrected chi connectivity index (χ2v) is 12.9. The first kappa shape index (κ1) is 30.8. The Bertz CT molecular complexity index is 1900. The van der Waals surface area contributed by atoms with E-state index in [0.717, 1.165) is 29.2 Å². The molecule has 0 aliphatic carbocycles. The highest BCUT2D eigenvalue weighted by Crippen LogP contribution is 2.37. The lowest BCUT2D eigenvalue weighted by Crippen LogP contribution is -2.54. The van der Waals surface area contributed by atoms with Gasteiger partial charge < -0.3 is 19.8 Å². The van der Waals surface area contributed by atoms with Crippen molar-refractivity contribution in [2.75, 3.05) is 37.5 Å². The number of pyridine rings is 1. The highest BCUT2D eigenvalue weighted by atomic mass is 32.2. The van der Waals surface area contributed by atoms with Crippen LogP contribution in [0.5, 0.6) is 5.75 Å². The molecule has 1 fully saturated rings. The summed E-state index contributed by atoms with van der Waals surface area (Å²) in [5.74, 6) is -2.86. The Morgan fingerprint density at radius 3 is 2.52 bits per heavy atom. The van der Waals surface area contributed by atoms with E-state index >= 15 is 4.39 Å². The molecule has 1 amide bonds. The monoisotopic (exact) mass is 627 g/mol. The summed E-state index contributed by atoms with van der Waals surface area (Å²) >= 11 is 0. The maximum absolute atomic E-state index is 15.9. The molecule has 232 valence electrons. The summed E-state index contributed by atoms with van der Waals surface area (Å²) < 4.78 is 57.8. The van der Waals surface area contributed by atoms with Crippen LogP contribution < -0.4 is 10.6 Å². The van der Waals surface area contributed by atoms with Crippen molar-refractivity contribution in [3.8, 4) is 17.0 Å². The summed E-state index contributed by atoms with van der Waals surface area (Å²) in [5.41, 5.74) is -2.26. The molecular formula is C29H31F2N7O5S. The average Bonchev–Trinajstić information content (AvgIpc) is 2.96. The number of nitrogens with zero attached hydrogens (tertiary/aromatic N) is 7. The number of hydrogen-bond acceptors (Lipinski definition) is 10. The molecule has 0 spiro atoms. The fourth-order valence-electron chi connectivity index (χ4n) is 5.43. The molecule has 3 aromatic rings. The number of carbonyl (C=O) groups is 1. The van der Waals surface area contributed by atoms with Crippen molar-refractivity contribution >= 4 is 44.6 Å². The Labute approximate surface area is 252 Å². The van der Waals surface area contributed by atoms with E-state index in [9.17, 15) is 27.5 Å². The molecule has 1 saturated heterocycles. The van der Waals surface area contributed by atoms with Crippen LogP contribution in [0.1, 0.15) is 20.8 Å². The molecule has 1 N–H and O–H groups in total. The third kappa shape index (κ3) is 5.31. The van der Waals surface area contributed by atoms with Gasteiger partial charge in [0.2, 0.25) is 5.91 Å². The summed E-state index contributed by atoms with van der Waals surface area (Å²) in [4.78, 5) is 43.7. The molecule has 5 rings (SSSR count). The van der Waals surface area contributed by atoms with E-state index in [1.165, 1.54) is 18.2 Å². The molecule has 0 saturated carbocycles. The number of fused-ring (bicyclic) bond motifs is 1. The van der Waals surface area contributed by atoms with Gasteiger partial charge in [-0.05, 0) is 45.0 Å². The number of anilines is 1. The number of amides is 1. The maximum atomic E-state index is 15.9. The van der Waals surface area contributed by atoms with Crippen LogP contribution in [0.2, 0.25) is 0 Å². The first-order valence-corrected chi connectivity index (χ1v) is 15.6. The number of hydrogen-bond donors (Lipinski definition) is 1. The minimum Gasteiger partial charge on any atom is -0.507 e. The SMILES string of the molecule is C=CC(=O)N1CCN(c2nc(=O)n(C3=C(S(C)(=O)=O)C=NCN3C(C)C)c3nc(-c4c(O)cccc4F)c(F)cc23)[C@@H](C)C1. The summed E-state index contributed by atoms with van der Waals surface area (Å²) in [6, 6.07) is 3.74. The number of sulfone groups is 1. The summed E-state index contributed by atoms with van der Waals surface area (Å²) in [7, 11) is -3.97. The standard InChI is InChI=1S/C29H31F2N7O5S/c1-6-23(40)35-10-11-36(17(4)14-35)26-18-12-20(31)25(24-19(30)8-7-9-21(24)39)33-27(18)38(29(41)34-26)28-22(44(5,42)43)13-32-15-37(28)16(2)3/h6-9,12-13,16-17,39H,1,10-11,14-15H2,2-5H3/t17-/m0/s1. The fraction of sp³-hybridized carbons (Fsp3) is 0.345. The number of rotatable bonds is 6. The largest absolute Gasteiger partial charge is 0.507 e. The zero-order valence-electron chi connectivity index (χ0n) is 24.5. The lowest BCUT2D eigenvalue weighted by molar-refractivity contribution is -0.126. The van der Waals surface area contributed by atoms with Crippen LogP contribution in [-0.2, 0) is 14.6 Å². The van der Waals surface area contributed by atoms with E-state index in [-0.39, 0.29) is 71.9 Å². The number of aromatic nitrogens is 3. The van der Waals surface area contributed by atoms with Crippen LogP contribution >= 0.6 is 0 Å². The Kier molecular flexibility index (Phi) is 8.01. The number of aromatic hydroxyl groups is 1. The number of aliphatic imine (C=N–C) groups is 1. The Morgan fingerprint density at radius 2 is 1.91 bits per heavy atom. The van der Waals surface area contributed by atoms with Gasteiger partial charge in [0.1, 0.15) is 40.5 Å².